The van der Waals surface area contributed by atoms with Crippen LogP contribution < -0.4 is 29.6 Å². The molecule has 1 atom stereocenters. The molecule has 0 N–H and O–H groups in total. The molecule has 0 amide bonds. The molecular weight excluding hydrogens is 359 g/mol. The van der Waals surface area contributed by atoms with Gasteiger partial charge in [0, 0.05) is 0 Å². The minimum atomic E-state index is -4.58. The largest absolute Gasteiger partial charge is 1.00 e. The zero-order chi connectivity index (χ0) is 18.8. The first-order chi connectivity index (χ1) is 12.0. The Labute approximate surface area is 185 Å². The molecule has 0 spiro atoms. The summed E-state index contributed by atoms with van der Waals surface area (Å²) in [5.41, 5.74) is 0. The first-order valence-corrected chi connectivity index (χ1v) is 12.0. The third-order valence-electron chi connectivity index (χ3n) is 4.76. The molecule has 0 heterocycles. The van der Waals surface area contributed by atoms with Crippen molar-refractivity contribution in [1.82, 2.24) is 0 Å². The number of hydrogen-bond donors (Lipinski definition) is 0. The summed E-state index contributed by atoms with van der Waals surface area (Å²) in [6, 6.07) is 0. The molecule has 0 saturated heterocycles. The van der Waals surface area contributed by atoms with Gasteiger partial charge in [0.15, 0.2) is 0 Å². The van der Waals surface area contributed by atoms with Crippen LogP contribution in [0.1, 0.15) is 123 Å². The van der Waals surface area contributed by atoms with E-state index in [-0.39, 0.29) is 29.6 Å². The van der Waals surface area contributed by atoms with Gasteiger partial charge in [-0.05, 0) is 12.8 Å². The zero-order valence-corrected chi connectivity index (χ0v) is 20.5. The molecule has 0 aliphatic carbocycles. The molecule has 0 aromatic carbocycles. The van der Waals surface area contributed by atoms with Crippen molar-refractivity contribution < 1.29 is 46.7 Å². The number of hydrogen-bond acceptors (Lipinski definition) is 4. The van der Waals surface area contributed by atoms with Crippen molar-refractivity contribution in [3.05, 3.63) is 0 Å². The molecule has 0 aliphatic rings. The molecule has 1 unspecified atom stereocenters. The van der Waals surface area contributed by atoms with E-state index in [9.17, 15) is 13.0 Å². The van der Waals surface area contributed by atoms with Gasteiger partial charge in [-0.1, -0.05) is 110 Å². The fourth-order valence-corrected chi connectivity index (χ4v) is 3.77. The van der Waals surface area contributed by atoms with E-state index in [1.165, 1.54) is 70.6 Å². The molecule has 152 valence electrons. The van der Waals surface area contributed by atoms with E-state index in [0.29, 0.717) is 12.8 Å². The number of rotatable bonds is 19. The maximum absolute atomic E-state index is 10.9. The minimum absolute atomic E-state index is 0. The third-order valence-corrected chi connectivity index (χ3v) is 5.27. The molecule has 0 aromatic heterocycles. The van der Waals surface area contributed by atoms with Crippen LogP contribution in [0.2, 0.25) is 0 Å². The van der Waals surface area contributed by atoms with Crippen LogP contribution in [-0.4, -0.2) is 19.1 Å². The molecule has 0 bridgehead atoms. The molecule has 0 rings (SSSR count). The molecular formula is C20H41NaO4S. The Balaban J connectivity index is 0. The van der Waals surface area contributed by atoms with Gasteiger partial charge in [0.25, 0.3) is 0 Å². The van der Waals surface area contributed by atoms with Crippen LogP contribution in [0.5, 0.6) is 0 Å². The standard InChI is InChI=1S/C20H42O4S.Na/c1-3-5-7-9-11-12-13-15-17-19-20(24-25(21,22)23)18-16-14-10-8-6-4-2;/h20H,3-19H2,1-2H3,(H,21,22,23);/q;+1/p-1. The second kappa shape index (κ2) is 20.6. The van der Waals surface area contributed by atoms with Gasteiger partial charge in [-0.2, -0.15) is 0 Å². The summed E-state index contributed by atoms with van der Waals surface area (Å²) < 4.78 is 37.4. The van der Waals surface area contributed by atoms with Crippen LogP contribution in [0.3, 0.4) is 0 Å². The van der Waals surface area contributed by atoms with Gasteiger partial charge in [-0.3, -0.25) is 4.18 Å². The van der Waals surface area contributed by atoms with Gasteiger partial charge < -0.3 is 4.55 Å². The summed E-state index contributed by atoms with van der Waals surface area (Å²) in [6.07, 6.45) is 19.0. The Hall–Kier alpha value is 0.870. The fourth-order valence-electron chi connectivity index (χ4n) is 3.24. The van der Waals surface area contributed by atoms with Crippen LogP contribution in [0.4, 0.5) is 0 Å². The molecule has 0 aromatic rings. The molecule has 0 fully saturated rings. The predicted octanol–water partition coefficient (Wildman–Crippen LogP) is 3.51. The summed E-state index contributed by atoms with van der Waals surface area (Å²) in [5, 5.41) is 0. The van der Waals surface area contributed by atoms with Crippen molar-refractivity contribution in [1.29, 1.82) is 0 Å². The smallest absolute Gasteiger partial charge is 0.726 e. The van der Waals surface area contributed by atoms with Crippen molar-refractivity contribution in [2.45, 2.75) is 129 Å². The SMILES string of the molecule is CCCCCCCCCCCC(CCCCCCCC)OS(=O)(=O)[O-].[Na+]. The summed E-state index contributed by atoms with van der Waals surface area (Å²) >= 11 is 0. The predicted molar refractivity (Wildman–Crippen MR) is 104 cm³/mol. The van der Waals surface area contributed by atoms with Crippen LogP contribution in [-0.2, 0) is 14.6 Å². The normalized spacial score (nSPS) is 12.7. The van der Waals surface area contributed by atoms with Crippen LogP contribution in [0.25, 0.3) is 0 Å². The minimum Gasteiger partial charge on any atom is -0.726 e. The summed E-state index contributed by atoms with van der Waals surface area (Å²) in [5.74, 6) is 0. The summed E-state index contributed by atoms with van der Waals surface area (Å²) in [6.45, 7) is 4.42. The topological polar surface area (TPSA) is 66.4 Å². The Morgan fingerprint density at radius 2 is 0.962 bits per heavy atom. The molecule has 0 radical (unpaired) electrons. The quantitative estimate of drug-likeness (QED) is 0.144. The summed E-state index contributed by atoms with van der Waals surface area (Å²) in [7, 11) is -4.58. The monoisotopic (exact) mass is 400 g/mol. The van der Waals surface area contributed by atoms with Gasteiger partial charge in [0.2, 0.25) is 10.4 Å². The van der Waals surface area contributed by atoms with Gasteiger partial charge in [-0.25, -0.2) is 8.42 Å². The van der Waals surface area contributed by atoms with Crippen LogP contribution in [0, 0.1) is 0 Å². The van der Waals surface area contributed by atoms with E-state index in [1.54, 1.807) is 0 Å². The van der Waals surface area contributed by atoms with Gasteiger partial charge in [0.05, 0.1) is 6.10 Å². The average molecular weight is 401 g/mol. The third kappa shape index (κ3) is 22.9. The second-order valence-electron chi connectivity index (χ2n) is 7.30. The average Bonchev–Trinajstić information content (AvgIpc) is 2.55. The molecule has 4 nitrogen and oxygen atoms in total. The molecule has 0 aliphatic heterocycles. The first kappa shape index (κ1) is 29.1. The number of unbranched alkanes of at least 4 members (excludes halogenated alkanes) is 13. The van der Waals surface area contributed by atoms with E-state index >= 15 is 0 Å². The molecule has 6 heteroatoms. The second-order valence-corrected chi connectivity index (χ2v) is 8.31. The van der Waals surface area contributed by atoms with Crippen LogP contribution >= 0.6 is 0 Å². The Kier molecular flexibility index (Phi) is 23.0. The Morgan fingerprint density at radius 3 is 1.27 bits per heavy atom. The van der Waals surface area contributed by atoms with E-state index in [0.717, 1.165) is 25.7 Å². The first-order valence-electron chi connectivity index (χ1n) is 10.6. The Bertz CT molecular complexity index is 374. The van der Waals surface area contributed by atoms with Crippen molar-refractivity contribution >= 4 is 10.4 Å². The Morgan fingerprint density at radius 1 is 0.654 bits per heavy atom. The summed E-state index contributed by atoms with van der Waals surface area (Å²) in [4.78, 5) is 0. The molecule has 0 saturated carbocycles. The van der Waals surface area contributed by atoms with Crippen molar-refractivity contribution in [2.24, 2.45) is 0 Å². The van der Waals surface area contributed by atoms with E-state index in [1.807, 2.05) is 0 Å². The fraction of sp³-hybridized carbons (Fsp3) is 1.00. The van der Waals surface area contributed by atoms with Crippen molar-refractivity contribution in [3.63, 3.8) is 0 Å². The van der Waals surface area contributed by atoms with E-state index < -0.39 is 16.5 Å². The molecule has 26 heavy (non-hydrogen) atoms. The maximum Gasteiger partial charge on any atom is 1.00 e. The van der Waals surface area contributed by atoms with E-state index in [2.05, 4.69) is 13.8 Å². The van der Waals surface area contributed by atoms with Gasteiger partial charge >= 0.3 is 29.6 Å². The van der Waals surface area contributed by atoms with E-state index in [4.69, 9.17) is 4.18 Å². The van der Waals surface area contributed by atoms with Crippen molar-refractivity contribution in [3.8, 4) is 0 Å². The maximum atomic E-state index is 10.9. The van der Waals surface area contributed by atoms with Gasteiger partial charge in [-0.15, -0.1) is 0 Å². The van der Waals surface area contributed by atoms with Crippen LogP contribution in [0.15, 0.2) is 0 Å². The van der Waals surface area contributed by atoms with Crippen molar-refractivity contribution in [2.75, 3.05) is 0 Å². The van der Waals surface area contributed by atoms with Gasteiger partial charge in [0.1, 0.15) is 0 Å². The zero-order valence-electron chi connectivity index (χ0n) is 17.6.